The van der Waals surface area contributed by atoms with Gasteiger partial charge in [-0.1, -0.05) is 36.9 Å². The predicted molar refractivity (Wildman–Crippen MR) is 66.6 cm³/mol. The SMILES string of the molecule is C=CC(=O)C(C)(O)C(O)CCc1ccccc1. The maximum absolute atomic E-state index is 11.4. The highest BCUT2D eigenvalue weighted by Gasteiger charge is 2.35. The minimum atomic E-state index is -1.75. The van der Waals surface area contributed by atoms with Crippen LogP contribution in [0.5, 0.6) is 0 Å². The molecule has 17 heavy (non-hydrogen) atoms. The molecule has 1 aromatic rings. The van der Waals surface area contributed by atoms with Gasteiger partial charge in [-0.15, -0.1) is 0 Å². The minimum absolute atomic E-state index is 0.330. The number of hydrogen-bond donors (Lipinski definition) is 2. The van der Waals surface area contributed by atoms with Crippen LogP contribution >= 0.6 is 0 Å². The van der Waals surface area contributed by atoms with Crippen LogP contribution in [-0.4, -0.2) is 27.7 Å². The lowest BCUT2D eigenvalue weighted by Crippen LogP contribution is -2.46. The van der Waals surface area contributed by atoms with Gasteiger partial charge in [0, 0.05) is 0 Å². The van der Waals surface area contributed by atoms with E-state index in [1.807, 2.05) is 30.3 Å². The largest absolute Gasteiger partial charge is 0.390 e. The Morgan fingerprint density at radius 1 is 1.47 bits per heavy atom. The molecule has 0 aliphatic carbocycles. The lowest BCUT2D eigenvalue weighted by Gasteiger charge is -2.26. The molecule has 0 spiro atoms. The lowest BCUT2D eigenvalue weighted by atomic mass is 9.90. The summed E-state index contributed by atoms with van der Waals surface area (Å²) >= 11 is 0. The Morgan fingerprint density at radius 3 is 2.59 bits per heavy atom. The highest BCUT2D eigenvalue weighted by Crippen LogP contribution is 2.17. The molecule has 2 atom stereocenters. The molecule has 1 rings (SSSR count). The van der Waals surface area contributed by atoms with E-state index in [-0.39, 0.29) is 0 Å². The molecule has 0 radical (unpaired) electrons. The molecule has 0 amide bonds. The minimum Gasteiger partial charge on any atom is -0.390 e. The number of ketones is 1. The molecule has 0 saturated heterocycles. The van der Waals surface area contributed by atoms with Crippen molar-refractivity contribution in [3.8, 4) is 0 Å². The Balaban J connectivity index is 2.58. The zero-order valence-corrected chi connectivity index (χ0v) is 9.97. The molecule has 0 heterocycles. The molecule has 0 fully saturated rings. The quantitative estimate of drug-likeness (QED) is 0.733. The van der Waals surface area contributed by atoms with Crippen LogP contribution in [-0.2, 0) is 11.2 Å². The van der Waals surface area contributed by atoms with Crippen molar-refractivity contribution in [2.75, 3.05) is 0 Å². The third kappa shape index (κ3) is 3.51. The molecule has 3 heteroatoms. The first-order valence-corrected chi connectivity index (χ1v) is 5.59. The molecular formula is C14H18O3. The van der Waals surface area contributed by atoms with Crippen LogP contribution in [0.4, 0.5) is 0 Å². The van der Waals surface area contributed by atoms with Gasteiger partial charge in [-0.25, -0.2) is 0 Å². The third-order valence-corrected chi connectivity index (χ3v) is 2.88. The van der Waals surface area contributed by atoms with Crippen molar-refractivity contribution in [3.05, 3.63) is 48.6 Å². The van der Waals surface area contributed by atoms with Gasteiger partial charge in [0.25, 0.3) is 0 Å². The van der Waals surface area contributed by atoms with Crippen molar-refractivity contribution in [2.24, 2.45) is 0 Å². The second kappa shape index (κ2) is 5.75. The van der Waals surface area contributed by atoms with E-state index < -0.39 is 17.5 Å². The summed E-state index contributed by atoms with van der Waals surface area (Å²) in [6.07, 6.45) is 0.887. The fraction of sp³-hybridized carbons (Fsp3) is 0.357. The first-order chi connectivity index (χ1) is 7.98. The molecule has 0 aromatic heterocycles. The zero-order valence-electron chi connectivity index (χ0n) is 9.97. The zero-order chi connectivity index (χ0) is 12.9. The Hall–Kier alpha value is -1.45. The number of carbonyl (C=O) groups excluding carboxylic acids is 1. The summed E-state index contributed by atoms with van der Waals surface area (Å²) in [5.41, 5.74) is -0.690. The van der Waals surface area contributed by atoms with Crippen molar-refractivity contribution in [2.45, 2.75) is 31.5 Å². The van der Waals surface area contributed by atoms with Crippen molar-refractivity contribution in [3.63, 3.8) is 0 Å². The highest BCUT2D eigenvalue weighted by atomic mass is 16.3. The third-order valence-electron chi connectivity index (χ3n) is 2.88. The van der Waals surface area contributed by atoms with Crippen molar-refractivity contribution in [1.29, 1.82) is 0 Å². The number of rotatable bonds is 6. The smallest absolute Gasteiger partial charge is 0.188 e. The van der Waals surface area contributed by atoms with E-state index in [0.29, 0.717) is 12.8 Å². The standard InChI is InChI=1S/C14H18O3/c1-3-12(15)14(2,17)13(16)10-9-11-7-5-4-6-8-11/h3-8,13,16-17H,1,9-10H2,2H3. The van der Waals surface area contributed by atoms with Crippen LogP contribution in [0.15, 0.2) is 43.0 Å². The number of aliphatic hydroxyl groups is 2. The van der Waals surface area contributed by atoms with E-state index in [2.05, 4.69) is 6.58 Å². The van der Waals surface area contributed by atoms with Gasteiger partial charge in [-0.2, -0.15) is 0 Å². The van der Waals surface area contributed by atoms with Crippen LogP contribution < -0.4 is 0 Å². The summed E-state index contributed by atoms with van der Waals surface area (Å²) in [5.74, 6) is -0.557. The molecule has 0 bridgehead atoms. The van der Waals surface area contributed by atoms with E-state index in [0.717, 1.165) is 11.6 Å². The van der Waals surface area contributed by atoms with Gasteiger partial charge in [0.05, 0.1) is 6.10 Å². The van der Waals surface area contributed by atoms with E-state index in [4.69, 9.17) is 0 Å². The van der Waals surface area contributed by atoms with Gasteiger partial charge in [-0.3, -0.25) is 4.79 Å². The number of aryl methyl sites for hydroxylation is 1. The molecule has 92 valence electrons. The molecular weight excluding hydrogens is 216 g/mol. The molecule has 2 unspecified atom stereocenters. The molecule has 3 nitrogen and oxygen atoms in total. The number of carbonyl (C=O) groups is 1. The number of aliphatic hydroxyl groups excluding tert-OH is 1. The van der Waals surface area contributed by atoms with Crippen LogP contribution in [0.1, 0.15) is 18.9 Å². The second-order valence-electron chi connectivity index (χ2n) is 4.26. The van der Waals surface area contributed by atoms with Crippen LogP contribution in [0, 0.1) is 0 Å². The summed E-state index contributed by atoms with van der Waals surface area (Å²) in [5, 5.41) is 19.7. The summed E-state index contributed by atoms with van der Waals surface area (Å²) in [6.45, 7) is 4.62. The monoisotopic (exact) mass is 234 g/mol. The molecule has 0 aliphatic rings. The summed E-state index contributed by atoms with van der Waals surface area (Å²) in [7, 11) is 0. The summed E-state index contributed by atoms with van der Waals surface area (Å²) < 4.78 is 0. The number of benzene rings is 1. The van der Waals surface area contributed by atoms with Gasteiger partial charge in [-0.05, 0) is 31.4 Å². The maximum Gasteiger partial charge on any atom is 0.188 e. The van der Waals surface area contributed by atoms with Crippen molar-refractivity contribution < 1.29 is 15.0 Å². The summed E-state index contributed by atoms with van der Waals surface area (Å²) in [4.78, 5) is 11.4. The van der Waals surface area contributed by atoms with E-state index in [1.54, 1.807) is 0 Å². The molecule has 0 saturated carbocycles. The Morgan fingerprint density at radius 2 is 2.06 bits per heavy atom. The van der Waals surface area contributed by atoms with E-state index in [1.165, 1.54) is 6.92 Å². The topological polar surface area (TPSA) is 57.5 Å². The van der Waals surface area contributed by atoms with Gasteiger partial charge >= 0.3 is 0 Å². The Labute approximate surface area is 101 Å². The molecule has 2 N–H and O–H groups in total. The van der Waals surface area contributed by atoms with Crippen molar-refractivity contribution >= 4 is 5.78 Å². The van der Waals surface area contributed by atoms with Crippen LogP contribution in [0.2, 0.25) is 0 Å². The molecule has 0 aliphatic heterocycles. The first kappa shape index (κ1) is 13.6. The fourth-order valence-electron chi connectivity index (χ4n) is 1.60. The predicted octanol–water partition coefficient (Wildman–Crippen LogP) is 1.49. The Kier molecular flexibility index (Phi) is 4.61. The normalized spacial score (nSPS) is 15.9. The lowest BCUT2D eigenvalue weighted by molar-refractivity contribution is -0.142. The Bertz CT molecular complexity index is 382. The van der Waals surface area contributed by atoms with Gasteiger partial charge < -0.3 is 10.2 Å². The molecule has 1 aromatic carbocycles. The number of hydrogen-bond acceptors (Lipinski definition) is 3. The van der Waals surface area contributed by atoms with Crippen LogP contribution in [0.3, 0.4) is 0 Å². The van der Waals surface area contributed by atoms with Gasteiger partial charge in [0.2, 0.25) is 0 Å². The average molecular weight is 234 g/mol. The first-order valence-electron chi connectivity index (χ1n) is 5.59. The van der Waals surface area contributed by atoms with Gasteiger partial charge in [0.15, 0.2) is 5.78 Å². The van der Waals surface area contributed by atoms with E-state index >= 15 is 0 Å². The highest BCUT2D eigenvalue weighted by molar-refractivity contribution is 5.96. The van der Waals surface area contributed by atoms with E-state index in [9.17, 15) is 15.0 Å². The van der Waals surface area contributed by atoms with Gasteiger partial charge in [0.1, 0.15) is 5.60 Å². The average Bonchev–Trinajstić information content (AvgIpc) is 2.35. The second-order valence-corrected chi connectivity index (χ2v) is 4.26. The maximum atomic E-state index is 11.4. The van der Waals surface area contributed by atoms with Crippen molar-refractivity contribution in [1.82, 2.24) is 0 Å². The fourth-order valence-corrected chi connectivity index (χ4v) is 1.60. The van der Waals surface area contributed by atoms with Crippen LogP contribution in [0.25, 0.3) is 0 Å². The summed E-state index contributed by atoms with van der Waals surface area (Å²) in [6, 6.07) is 9.62.